The first-order valence-corrected chi connectivity index (χ1v) is 9.89. The van der Waals surface area contributed by atoms with E-state index < -0.39 is 23.0 Å². The lowest BCUT2D eigenvalue weighted by atomic mass is 9.92. The number of hydrogen-bond acceptors (Lipinski definition) is 6. The number of carbonyl (C=O) groups is 2. The topological polar surface area (TPSA) is 116 Å². The molecule has 9 heteroatoms. The highest BCUT2D eigenvalue weighted by molar-refractivity contribution is 6.01. The molecule has 162 valence electrons. The van der Waals surface area contributed by atoms with Crippen molar-refractivity contribution in [2.75, 3.05) is 26.9 Å². The number of nitrogens with zero attached hydrogens (tertiary/aromatic N) is 1. The van der Waals surface area contributed by atoms with Gasteiger partial charge in [0.25, 0.3) is 11.5 Å². The van der Waals surface area contributed by atoms with Crippen molar-refractivity contribution < 1.29 is 28.9 Å². The number of carboxylic acids is 1. The van der Waals surface area contributed by atoms with Gasteiger partial charge in [0.1, 0.15) is 17.7 Å². The van der Waals surface area contributed by atoms with Gasteiger partial charge >= 0.3 is 5.97 Å². The van der Waals surface area contributed by atoms with E-state index in [0.29, 0.717) is 35.6 Å². The average Bonchev–Trinajstić information content (AvgIpc) is 2.85. The van der Waals surface area contributed by atoms with Gasteiger partial charge in [0, 0.05) is 11.9 Å². The van der Waals surface area contributed by atoms with Crippen LogP contribution in [0.1, 0.15) is 37.0 Å². The predicted octanol–water partition coefficient (Wildman–Crippen LogP) is 1.79. The Morgan fingerprint density at radius 3 is 2.60 bits per heavy atom. The minimum atomic E-state index is -1.44. The Morgan fingerprint density at radius 1 is 1.23 bits per heavy atom. The van der Waals surface area contributed by atoms with E-state index in [-0.39, 0.29) is 31.6 Å². The number of nitrogens with one attached hydrogen (secondary N) is 1. The molecule has 30 heavy (non-hydrogen) atoms. The lowest BCUT2D eigenvalue weighted by Crippen LogP contribution is -2.54. The van der Waals surface area contributed by atoms with Gasteiger partial charge in [-0.1, -0.05) is 13.8 Å². The zero-order valence-corrected chi connectivity index (χ0v) is 17.3. The number of carbonyl (C=O) groups excluding carboxylic acids is 1. The number of pyridine rings is 1. The number of rotatable bonds is 6. The zero-order valence-electron chi connectivity index (χ0n) is 17.3. The van der Waals surface area contributed by atoms with Gasteiger partial charge in [-0.15, -0.1) is 0 Å². The van der Waals surface area contributed by atoms with Crippen molar-refractivity contribution in [1.29, 1.82) is 0 Å². The largest absolute Gasteiger partial charge is 0.493 e. The van der Waals surface area contributed by atoms with Crippen LogP contribution in [0.5, 0.6) is 11.5 Å². The first kappa shape index (κ1) is 21.6. The fraction of sp³-hybridized carbons (Fsp3) is 0.476. The second kappa shape index (κ2) is 8.74. The van der Waals surface area contributed by atoms with Crippen molar-refractivity contribution in [3.8, 4) is 11.5 Å². The molecule has 0 aliphatic carbocycles. The summed E-state index contributed by atoms with van der Waals surface area (Å²) in [5, 5.41) is 12.8. The molecule has 0 saturated heterocycles. The number of carboxylic acid groups (broad SMARTS) is 1. The molecule has 1 aliphatic heterocycles. The molecule has 0 fully saturated rings. The Hall–Kier alpha value is -3.07. The van der Waals surface area contributed by atoms with Crippen molar-refractivity contribution in [1.82, 2.24) is 9.88 Å². The summed E-state index contributed by atoms with van der Waals surface area (Å²) in [6.07, 6.45) is 0.380. The van der Waals surface area contributed by atoms with Gasteiger partial charge in [0.2, 0.25) is 0 Å². The van der Waals surface area contributed by atoms with Crippen molar-refractivity contribution in [3.63, 3.8) is 0 Å². The number of aliphatic carboxylic acids is 1. The van der Waals surface area contributed by atoms with Gasteiger partial charge in [-0.05, 0) is 31.0 Å². The fourth-order valence-corrected chi connectivity index (χ4v) is 3.63. The third-order valence-electron chi connectivity index (χ3n) is 5.54. The second-order valence-electron chi connectivity index (χ2n) is 7.06. The van der Waals surface area contributed by atoms with Gasteiger partial charge in [0.05, 0.1) is 25.8 Å². The highest BCUT2D eigenvalue weighted by Crippen LogP contribution is 2.35. The summed E-state index contributed by atoms with van der Waals surface area (Å²) in [7, 11) is 1.51. The summed E-state index contributed by atoms with van der Waals surface area (Å²) in [4.78, 5) is 38.0. The summed E-state index contributed by atoms with van der Waals surface area (Å²) in [5.74, 6) is -0.985. The highest BCUT2D eigenvalue weighted by atomic mass is 16.5. The molecule has 1 aromatic heterocycles. The average molecular weight is 418 g/mol. The summed E-state index contributed by atoms with van der Waals surface area (Å²) in [6, 6.07) is 4.90. The van der Waals surface area contributed by atoms with Gasteiger partial charge in [-0.2, -0.15) is 0 Å². The molecule has 2 heterocycles. The molecule has 1 amide bonds. The molecular weight excluding hydrogens is 392 g/mol. The maximum Gasteiger partial charge on any atom is 0.329 e. The van der Waals surface area contributed by atoms with E-state index in [1.807, 2.05) is 0 Å². The van der Waals surface area contributed by atoms with Crippen LogP contribution in [0.25, 0.3) is 10.9 Å². The van der Waals surface area contributed by atoms with Gasteiger partial charge < -0.3 is 29.2 Å². The molecule has 1 aromatic carbocycles. The molecule has 0 spiro atoms. The van der Waals surface area contributed by atoms with Crippen molar-refractivity contribution in [3.05, 3.63) is 34.1 Å². The van der Waals surface area contributed by atoms with E-state index in [2.05, 4.69) is 5.32 Å². The first-order chi connectivity index (χ1) is 14.4. The smallest absolute Gasteiger partial charge is 0.329 e. The van der Waals surface area contributed by atoms with Crippen LogP contribution in [-0.2, 0) is 16.1 Å². The van der Waals surface area contributed by atoms with E-state index in [1.54, 1.807) is 26.0 Å². The summed E-state index contributed by atoms with van der Waals surface area (Å²) in [5.41, 5.74) is -1.61. The maximum absolute atomic E-state index is 13.3. The SMILES string of the molecule is CCC(CC)(NC(=O)c1cc2ccc(OC)c3c2n(c1=O)CCOCCO3)C(=O)O. The summed E-state index contributed by atoms with van der Waals surface area (Å²) < 4.78 is 18.1. The van der Waals surface area contributed by atoms with Crippen LogP contribution in [0.2, 0.25) is 0 Å². The van der Waals surface area contributed by atoms with E-state index in [0.717, 1.165) is 0 Å². The van der Waals surface area contributed by atoms with Crippen molar-refractivity contribution in [2.24, 2.45) is 0 Å². The van der Waals surface area contributed by atoms with E-state index in [9.17, 15) is 19.5 Å². The number of ether oxygens (including phenoxy) is 3. The van der Waals surface area contributed by atoms with Crippen LogP contribution < -0.4 is 20.3 Å². The molecule has 3 rings (SSSR count). The van der Waals surface area contributed by atoms with Crippen LogP contribution >= 0.6 is 0 Å². The minimum Gasteiger partial charge on any atom is -0.493 e. The zero-order chi connectivity index (χ0) is 21.9. The predicted molar refractivity (Wildman–Crippen MR) is 109 cm³/mol. The van der Waals surface area contributed by atoms with Crippen molar-refractivity contribution >= 4 is 22.8 Å². The minimum absolute atomic E-state index is 0.134. The molecule has 2 aromatic rings. The van der Waals surface area contributed by atoms with Gasteiger partial charge in [0.15, 0.2) is 11.5 Å². The van der Waals surface area contributed by atoms with E-state index in [1.165, 1.54) is 17.7 Å². The molecule has 0 atom stereocenters. The molecule has 2 N–H and O–H groups in total. The Morgan fingerprint density at radius 2 is 1.97 bits per heavy atom. The Kier molecular flexibility index (Phi) is 6.31. The fourth-order valence-electron chi connectivity index (χ4n) is 3.63. The van der Waals surface area contributed by atoms with Gasteiger partial charge in [-0.3, -0.25) is 9.59 Å². The van der Waals surface area contributed by atoms with Crippen LogP contribution in [0.15, 0.2) is 23.0 Å². The number of methoxy groups -OCH3 is 1. The van der Waals surface area contributed by atoms with Crippen LogP contribution in [0.4, 0.5) is 0 Å². The molecule has 9 nitrogen and oxygen atoms in total. The number of benzene rings is 1. The molecule has 0 saturated carbocycles. The Bertz CT molecular complexity index is 1020. The normalized spacial score (nSPS) is 14.2. The molecule has 0 radical (unpaired) electrons. The lowest BCUT2D eigenvalue weighted by molar-refractivity contribution is -0.144. The molecule has 0 unspecified atom stereocenters. The summed E-state index contributed by atoms with van der Waals surface area (Å²) in [6.45, 7) is 4.48. The monoisotopic (exact) mass is 418 g/mol. The Balaban J connectivity index is 2.19. The molecule has 0 bridgehead atoms. The van der Waals surface area contributed by atoms with E-state index in [4.69, 9.17) is 14.2 Å². The van der Waals surface area contributed by atoms with E-state index >= 15 is 0 Å². The first-order valence-electron chi connectivity index (χ1n) is 9.89. The quantitative estimate of drug-likeness (QED) is 0.735. The van der Waals surface area contributed by atoms with Crippen LogP contribution in [-0.4, -0.2) is 54.0 Å². The number of amides is 1. The third kappa shape index (κ3) is 3.72. The number of hydrogen-bond donors (Lipinski definition) is 2. The standard InChI is InChI=1S/C21H26N2O7/c1-4-21(5-2,20(26)27)22-18(24)14-12-13-6-7-15(28-3)17-16(13)23(19(14)25)8-9-29-10-11-30-17/h6-7,12H,4-5,8-11H2,1-3H3,(H,22,24)(H,26,27). The van der Waals surface area contributed by atoms with Crippen LogP contribution in [0.3, 0.4) is 0 Å². The maximum atomic E-state index is 13.3. The van der Waals surface area contributed by atoms with Crippen LogP contribution in [0, 0.1) is 0 Å². The Labute approximate surface area is 173 Å². The second-order valence-corrected chi connectivity index (χ2v) is 7.06. The molecular formula is C21H26N2O7. The highest BCUT2D eigenvalue weighted by Gasteiger charge is 2.37. The third-order valence-corrected chi connectivity index (χ3v) is 5.54. The van der Waals surface area contributed by atoms with Gasteiger partial charge in [-0.25, -0.2) is 4.79 Å². The summed E-state index contributed by atoms with van der Waals surface area (Å²) >= 11 is 0. The molecule has 1 aliphatic rings. The number of aromatic nitrogens is 1. The van der Waals surface area contributed by atoms with Crippen molar-refractivity contribution in [2.45, 2.75) is 38.8 Å². The lowest BCUT2D eigenvalue weighted by Gasteiger charge is -2.28.